The summed E-state index contributed by atoms with van der Waals surface area (Å²) in [7, 11) is -3.90. The molecule has 0 fully saturated rings. The summed E-state index contributed by atoms with van der Waals surface area (Å²) in [5.74, 6) is -5.19. The zero-order valence-corrected chi connectivity index (χ0v) is 13.9. The van der Waals surface area contributed by atoms with Crippen LogP contribution in [-0.4, -0.2) is 25.7 Å². The van der Waals surface area contributed by atoms with E-state index in [0.717, 1.165) is 18.4 Å². The van der Waals surface area contributed by atoms with E-state index in [9.17, 15) is 31.1 Å². The van der Waals surface area contributed by atoms with Crippen molar-refractivity contribution in [1.29, 1.82) is 0 Å². The number of aliphatic hydroxyl groups is 1. The Kier molecular flexibility index (Phi) is 4.01. The summed E-state index contributed by atoms with van der Waals surface area (Å²) in [5, 5.41) is 9.95. The fraction of sp³-hybridized carbons (Fsp3) is 0.333. The number of alkyl halides is 2. The van der Waals surface area contributed by atoms with Crippen LogP contribution in [0.15, 0.2) is 22.4 Å². The van der Waals surface area contributed by atoms with Gasteiger partial charge < -0.3 is 5.11 Å². The molecule has 2 aromatic rings. The maximum atomic E-state index is 13.8. The summed E-state index contributed by atoms with van der Waals surface area (Å²) in [4.78, 5) is 0.179. The van der Waals surface area contributed by atoms with E-state index in [-0.39, 0.29) is 28.0 Å². The summed E-state index contributed by atoms with van der Waals surface area (Å²) in [6.07, 6.45) is -2.30. The first-order valence-electron chi connectivity index (χ1n) is 6.88. The molecule has 1 heterocycles. The molecule has 0 aliphatic heterocycles. The Labute approximate surface area is 139 Å². The van der Waals surface area contributed by atoms with Crippen LogP contribution in [0.4, 0.5) is 17.6 Å². The van der Waals surface area contributed by atoms with Crippen LogP contribution in [-0.2, 0) is 16.3 Å². The highest BCUT2D eigenvalue weighted by Crippen LogP contribution is 2.51. The zero-order chi connectivity index (χ0) is 17.9. The fourth-order valence-electron chi connectivity index (χ4n) is 2.81. The van der Waals surface area contributed by atoms with E-state index in [1.54, 1.807) is 0 Å². The Morgan fingerprint density at radius 1 is 1.21 bits per heavy atom. The SMILES string of the molecule is CS(=O)(=O)c1sc(-c2cc(F)cc(F)c2)c2c1C(O)C(F)(F)CC2. The molecule has 3 rings (SSSR count). The molecule has 1 unspecified atom stereocenters. The molecule has 0 bridgehead atoms. The molecule has 1 atom stereocenters. The molecule has 3 nitrogen and oxygen atoms in total. The zero-order valence-electron chi connectivity index (χ0n) is 12.3. The van der Waals surface area contributed by atoms with E-state index < -0.39 is 44.1 Å². The largest absolute Gasteiger partial charge is 0.382 e. The molecule has 0 radical (unpaired) electrons. The molecule has 24 heavy (non-hydrogen) atoms. The minimum Gasteiger partial charge on any atom is -0.382 e. The number of rotatable bonds is 2. The van der Waals surface area contributed by atoms with Gasteiger partial charge in [-0.25, -0.2) is 26.0 Å². The van der Waals surface area contributed by atoms with Crippen molar-refractivity contribution in [2.75, 3.05) is 6.26 Å². The van der Waals surface area contributed by atoms with Gasteiger partial charge in [0.1, 0.15) is 21.9 Å². The van der Waals surface area contributed by atoms with Gasteiger partial charge >= 0.3 is 0 Å². The molecular formula is C15H12F4O3S2. The van der Waals surface area contributed by atoms with Gasteiger partial charge in [0.05, 0.1) is 0 Å². The highest BCUT2D eigenvalue weighted by atomic mass is 32.2. The number of fused-ring (bicyclic) bond motifs is 1. The number of hydrogen-bond donors (Lipinski definition) is 1. The fourth-order valence-corrected chi connectivity index (χ4v) is 5.40. The highest BCUT2D eigenvalue weighted by molar-refractivity contribution is 7.92. The number of halogens is 4. The first kappa shape index (κ1) is 17.4. The van der Waals surface area contributed by atoms with Crippen LogP contribution in [0.5, 0.6) is 0 Å². The van der Waals surface area contributed by atoms with Crippen LogP contribution in [0.3, 0.4) is 0 Å². The van der Waals surface area contributed by atoms with E-state index in [1.807, 2.05) is 0 Å². The van der Waals surface area contributed by atoms with Gasteiger partial charge in [-0.15, -0.1) is 11.3 Å². The molecule has 1 aromatic carbocycles. The lowest BCUT2D eigenvalue weighted by Crippen LogP contribution is -2.32. The minimum atomic E-state index is -3.90. The molecule has 0 saturated heterocycles. The molecule has 130 valence electrons. The number of sulfone groups is 1. The van der Waals surface area contributed by atoms with Gasteiger partial charge in [0.15, 0.2) is 9.84 Å². The normalized spacial score (nSPS) is 20.0. The molecule has 1 aliphatic carbocycles. The molecule has 0 amide bonds. The third-order valence-corrected chi connectivity index (χ3v) is 7.00. The van der Waals surface area contributed by atoms with Gasteiger partial charge in [-0.1, -0.05) is 0 Å². The molecule has 1 N–H and O–H groups in total. The van der Waals surface area contributed by atoms with Crippen LogP contribution in [0.1, 0.15) is 23.7 Å². The van der Waals surface area contributed by atoms with Crippen molar-refractivity contribution in [3.63, 3.8) is 0 Å². The molecule has 1 aromatic heterocycles. The third kappa shape index (κ3) is 2.84. The highest BCUT2D eigenvalue weighted by Gasteiger charge is 2.47. The maximum Gasteiger partial charge on any atom is 0.277 e. The van der Waals surface area contributed by atoms with Gasteiger partial charge in [0.2, 0.25) is 0 Å². The van der Waals surface area contributed by atoms with Crippen molar-refractivity contribution in [2.45, 2.75) is 29.1 Å². The van der Waals surface area contributed by atoms with Crippen molar-refractivity contribution in [2.24, 2.45) is 0 Å². The third-order valence-electron chi connectivity index (χ3n) is 3.86. The van der Waals surface area contributed by atoms with Crippen molar-refractivity contribution < 1.29 is 31.1 Å². The van der Waals surface area contributed by atoms with Crippen molar-refractivity contribution in [3.05, 3.63) is 41.0 Å². The Hall–Kier alpha value is -1.45. The van der Waals surface area contributed by atoms with Crippen molar-refractivity contribution in [1.82, 2.24) is 0 Å². The van der Waals surface area contributed by atoms with E-state index in [1.165, 1.54) is 0 Å². The average Bonchev–Trinajstić information content (AvgIpc) is 2.82. The van der Waals surface area contributed by atoms with Crippen LogP contribution < -0.4 is 0 Å². The Bertz CT molecular complexity index is 899. The number of aliphatic hydroxyl groups excluding tert-OH is 1. The van der Waals surface area contributed by atoms with Crippen molar-refractivity contribution >= 4 is 21.2 Å². The predicted molar refractivity (Wildman–Crippen MR) is 81.0 cm³/mol. The second kappa shape index (κ2) is 5.53. The first-order valence-corrected chi connectivity index (χ1v) is 9.59. The quantitative estimate of drug-likeness (QED) is 0.808. The van der Waals surface area contributed by atoms with Crippen LogP contribution in [0.2, 0.25) is 0 Å². The number of benzene rings is 1. The number of hydrogen-bond acceptors (Lipinski definition) is 4. The van der Waals surface area contributed by atoms with E-state index >= 15 is 0 Å². The predicted octanol–water partition coefficient (Wildman–Crippen LogP) is 3.71. The van der Waals surface area contributed by atoms with Crippen LogP contribution in [0.25, 0.3) is 10.4 Å². The summed E-state index contributed by atoms with van der Waals surface area (Å²) < 4.78 is 78.1. The Morgan fingerprint density at radius 2 is 1.79 bits per heavy atom. The lowest BCUT2D eigenvalue weighted by Gasteiger charge is -2.29. The standard InChI is InChI=1S/C15H12F4O3S2/c1-24(21,22)14-11-10(2-3-15(18,19)13(11)20)12(23-14)7-4-8(16)6-9(17)5-7/h4-6,13,20H,2-3H2,1H3. The maximum absolute atomic E-state index is 13.8. The smallest absolute Gasteiger partial charge is 0.277 e. The topological polar surface area (TPSA) is 54.4 Å². The van der Waals surface area contributed by atoms with Crippen molar-refractivity contribution in [3.8, 4) is 10.4 Å². The summed E-state index contributed by atoms with van der Waals surface area (Å²) in [6, 6.07) is 2.66. The molecular weight excluding hydrogens is 368 g/mol. The molecule has 0 spiro atoms. The minimum absolute atomic E-state index is 0.0565. The molecule has 9 heteroatoms. The molecule has 0 saturated carbocycles. The summed E-state index contributed by atoms with van der Waals surface area (Å²) >= 11 is 0.643. The Morgan fingerprint density at radius 3 is 2.33 bits per heavy atom. The summed E-state index contributed by atoms with van der Waals surface area (Å²) in [6.45, 7) is 0. The number of thiophene rings is 1. The van der Waals surface area contributed by atoms with Crippen LogP contribution in [0, 0.1) is 11.6 Å². The van der Waals surface area contributed by atoms with Gasteiger partial charge in [-0.3, -0.25) is 0 Å². The van der Waals surface area contributed by atoms with Gasteiger partial charge in [0, 0.05) is 29.2 Å². The second-order valence-corrected chi connectivity index (χ2v) is 8.94. The van der Waals surface area contributed by atoms with E-state index in [2.05, 4.69) is 0 Å². The lowest BCUT2D eigenvalue weighted by atomic mass is 9.87. The van der Waals surface area contributed by atoms with Crippen LogP contribution >= 0.6 is 11.3 Å². The van der Waals surface area contributed by atoms with E-state index in [0.29, 0.717) is 17.4 Å². The second-order valence-electron chi connectivity index (χ2n) is 5.70. The lowest BCUT2D eigenvalue weighted by molar-refractivity contribution is -0.122. The average molecular weight is 380 g/mol. The van der Waals surface area contributed by atoms with Gasteiger partial charge in [0.25, 0.3) is 5.92 Å². The monoisotopic (exact) mass is 380 g/mol. The van der Waals surface area contributed by atoms with Gasteiger partial charge in [-0.05, 0) is 29.7 Å². The van der Waals surface area contributed by atoms with Gasteiger partial charge in [-0.2, -0.15) is 0 Å². The first-order chi connectivity index (χ1) is 11.0. The summed E-state index contributed by atoms with van der Waals surface area (Å²) in [5.41, 5.74) is -0.108. The Balaban J connectivity index is 2.31. The van der Waals surface area contributed by atoms with E-state index in [4.69, 9.17) is 0 Å². The molecule has 1 aliphatic rings.